The van der Waals surface area contributed by atoms with Crippen LogP contribution in [0.25, 0.3) is 0 Å². The summed E-state index contributed by atoms with van der Waals surface area (Å²) in [5, 5.41) is 13.0. The third-order valence-electron chi connectivity index (χ3n) is 2.78. The van der Waals surface area contributed by atoms with E-state index in [1.807, 2.05) is 0 Å². The second kappa shape index (κ2) is 6.06. The van der Waals surface area contributed by atoms with Crippen molar-refractivity contribution in [3.05, 3.63) is 23.5 Å². The van der Waals surface area contributed by atoms with Gasteiger partial charge in [0.2, 0.25) is 10.0 Å². The molecule has 0 fully saturated rings. The molecule has 0 aliphatic carbocycles. The zero-order chi connectivity index (χ0) is 15.5. The first-order valence-corrected chi connectivity index (χ1v) is 7.41. The maximum Gasteiger partial charge on any atom is 0.241 e. The predicted octanol–water partition coefficient (Wildman–Crippen LogP) is 0.00382. The molecule has 0 amide bonds. The summed E-state index contributed by atoms with van der Waals surface area (Å²) in [5.41, 5.74) is 0.535. The van der Waals surface area contributed by atoms with Crippen molar-refractivity contribution in [2.24, 2.45) is 0 Å². The number of H-pyrrole nitrogens is 1. The summed E-state index contributed by atoms with van der Waals surface area (Å²) in [7, 11) is -0.805. The number of nitrogens with one attached hydrogen (secondary N) is 2. The number of aryl methyl sites for hydroxylation is 1. The predicted molar refractivity (Wildman–Crippen MR) is 72.5 cm³/mol. The first kappa shape index (κ1) is 15.2. The molecule has 0 saturated heterocycles. The Morgan fingerprint density at radius 1 is 1.24 bits per heavy atom. The standard InChI is InChI=1S/C11H15N5O4S/c1-7-4-8(19-2)9(20-3)5-10(7)21(17,18)12-6-11-13-15-16-14-11/h4-5,12H,6H2,1-3H3,(H,13,14,15,16). The molecule has 21 heavy (non-hydrogen) atoms. The molecule has 1 aromatic heterocycles. The van der Waals surface area contributed by atoms with Crippen LogP contribution in [0.5, 0.6) is 11.5 Å². The zero-order valence-electron chi connectivity index (χ0n) is 11.7. The number of sulfonamides is 1. The Labute approximate surface area is 121 Å². The molecule has 0 spiro atoms. The number of ether oxygens (including phenoxy) is 2. The summed E-state index contributed by atoms with van der Waals surface area (Å²) < 4.78 is 37.3. The minimum absolute atomic E-state index is 0.0629. The van der Waals surface area contributed by atoms with Gasteiger partial charge in [0.1, 0.15) is 0 Å². The lowest BCUT2D eigenvalue weighted by Crippen LogP contribution is -2.24. The van der Waals surface area contributed by atoms with E-state index in [9.17, 15) is 8.42 Å². The van der Waals surface area contributed by atoms with E-state index in [4.69, 9.17) is 9.47 Å². The molecule has 114 valence electrons. The van der Waals surface area contributed by atoms with Crippen LogP contribution in [0.1, 0.15) is 11.4 Å². The van der Waals surface area contributed by atoms with Gasteiger partial charge in [0.15, 0.2) is 17.3 Å². The molecule has 0 unspecified atom stereocenters. The Morgan fingerprint density at radius 3 is 2.48 bits per heavy atom. The summed E-state index contributed by atoms with van der Waals surface area (Å²) in [6.45, 7) is 1.61. The van der Waals surface area contributed by atoms with Gasteiger partial charge in [-0.25, -0.2) is 13.1 Å². The molecule has 2 N–H and O–H groups in total. The monoisotopic (exact) mass is 313 g/mol. The third-order valence-corrected chi connectivity index (χ3v) is 4.32. The van der Waals surface area contributed by atoms with Crippen molar-refractivity contribution in [2.75, 3.05) is 14.2 Å². The Bertz CT molecular complexity index is 714. The molecule has 10 heteroatoms. The topological polar surface area (TPSA) is 119 Å². The van der Waals surface area contributed by atoms with Crippen molar-refractivity contribution < 1.29 is 17.9 Å². The first-order chi connectivity index (χ1) is 9.97. The highest BCUT2D eigenvalue weighted by atomic mass is 32.2. The number of aromatic nitrogens is 4. The summed E-state index contributed by atoms with van der Waals surface area (Å²) in [4.78, 5) is 0.101. The Balaban J connectivity index is 2.31. The molecule has 1 heterocycles. The highest BCUT2D eigenvalue weighted by Crippen LogP contribution is 2.32. The fraction of sp³-hybridized carbons (Fsp3) is 0.364. The second-order valence-corrected chi connectivity index (χ2v) is 5.86. The molecule has 9 nitrogen and oxygen atoms in total. The quantitative estimate of drug-likeness (QED) is 0.770. The van der Waals surface area contributed by atoms with Gasteiger partial charge >= 0.3 is 0 Å². The minimum Gasteiger partial charge on any atom is -0.493 e. The molecule has 1 aromatic carbocycles. The number of aromatic amines is 1. The van der Waals surface area contributed by atoms with E-state index in [2.05, 4.69) is 25.3 Å². The van der Waals surface area contributed by atoms with Gasteiger partial charge in [0.05, 0.1) is 25.7 Å². The molecular formula is C11H15N5O4S. The van der Waals surface area contributed by atoms with Gasteiger partial charge in [-0.3, -0.25) is 0 Å². The van der Waals surface area contributed by atoms with Crippen molar-refractivity contribution in [1.82, 2.24) is 25.3 Å². The normalized spacial score (nSPS) is 11.4. The van der Waals surface area contributed by atoms with E-state index in [1.165, 1.54) is 20.3 Å². The van der Waals surface area contributed by atoms with Crippen molar-refractivity contribution in [3.8, 4) is 11.5 Å². The third kappa shape index (κ3) is 3.28. The second-order valence-electron chi connectivity index (χ2n) is 4.13. The Hall–Kier alpha value is -2.20. The highest BCUT2D eigenvalue weighted by molar-refractivity contribution is 7.89. The lowest BCUT2D eigenvalue weighted by molar-refractivity contribution is 0.353. The smallest absolute Gasteiger partial charge is 0.241 e. The number of methoxy groups -OCH3 is 2. The van der Waals surface area contributed by atoms with E-state index >= 15 is 0 Å². The fourth-order valence-corrected chi connectivity index (χ4v) is 2.97. The molecule has 2 rings (SSSR count). The van der Waals surface area contributed by atoms with Gasteiger partial charge < -0.3 is 9.47 Å². The maximum atomic E-state index is 12.3. The molecule has 0 aliphatic rings. The molecular weight excluding hydrogens is 298 g/mol. The number of nitrogens with zero attached hydrogens (tertiary/aromatic N) is 3. The van der Waals surface area contributed by atoms with Gasteiger partial charge in [0, 0.05) is 6.07 Å². The Morgan fingerprint density at radius 2 is 1.90 bits per heavy atom. The zero-order valence-corrected chi connectivity index (χ0v) is 12.6. The lowest BCUT2D eigenvalue weighted by Gasteiger charge is -2.13. The molecule has 0 saturated carbocycles. The molecule has 0 atom stereocenters. The summed E-state index contributed by atoms with van der Waals surface area (Å²) in [6.07, 6.45) is 0. The van der Waals surface area contributed by atoms with Crippen LogP contribution in [0.3, 0.4) is 0 Å². The van der Waals surface area contributed by atoms with Crippen LogP contribution in [0, 0.1) is 6.92 Å². The van der Waals surface area contributed by atoms with E-state index in [0.717, 1.165) is 0 Å². The van der Waals surface area contributed by atoms with Crippen molar-refractivity contribution in [3.63, 3.8) is 0 Å². The highest BCUT2D eigenvalue weighted by Gasteiger charge is 2.20. The maximum absolute atomic E-state index is 12.3. The summed E-state index contributed by atoms with van der Waals surface area (Å²) in [5.74, 6) is 1.05. The van der Waals surface area contributed by atoms with Crippen LogP contribution >= 0.6 is 0 Å². The van der Waals surface area contributed by atoms with Crippen LogP contribution < -0.4 is 14.2 Å². The van der Waals surface area contributed by atoms with Crippen LogP contribution in [0.15, 0.2) is 17.0 Å². The van der Waals surface area contributed by atoms with E-state index in [0.29, 0.717) is 17.1 Å². The fourth-order valence-electron chi connectivity index (χ4n) is 1.75. The van der Waals surface area contributed by atoms with Crippen LogP contribution in [-0.2, 0) is 16.6 Å². The van der Waals surface area contributed by atoms with Crippen molar-refractivity contribution in [2.45, 2.75) is 18.4 Å². The summed E-state index contributed by atoms with van der Waals surface area (Å²) in [6, 6.07) is 3.01. The number of hydrogen-bond donors (Lipinski definition) is 2. The minimum atomic E-state index is -3.73. The van der Waals surface area contributed by atoms with Crippen molar-refractivity contribution >= 4 is 10.0 Å². The van der Waals surface area contributed by atoms with Crippen LogP contribution in [-0.4, -0.2) is 43.3 Å². The van der Waals surface area contributed by atoms with Gasteiger partial charge in [-0.1, -0.05) is 5.21 Å². The number of hydrogen-bond acceptors (Lipinski definition) is 7. The van der Waals surface area contributed by atoms with Gasteiger partial charge in [-0.2, -0.15) is 5.21 Å². The van der Waals surface area contributed by atoms with Crippen molar-refractivity contribution in [1.29, 1.82) is 0 Å². The van der Waals surface area contributed by atoms with Gasteiger partial charge in [-0.05, 0) is 18.6 Å². The average molecular weight is 313 g/mol. The van der Waals surface area contributed by atoms with Crippen LogP contribution in [0.4, 0.5) is 0 Å². The molecule has 0 aliphatic heterocycles. The van der Waals surface area contributed by atoms with Crippen LogP contribution in [0.2, 0.25) is 0 Å². The van der Waals surface area contributed by atoms with E-state index < -0.39 is 10.0 Å². The van der Waals surface area contributed by atoms with E-state index in [1.54, 1.807) is 13.0 Å². The molecule has 0 radical (unpaired) electrons. The Kier molecular flexibility index (Phi) is 4.38. The molecule has 2 aromatic rings. The number of tetrazole rings is 1. The van der Waals surface area contributed by atoms with E-state index in [-0.39, 0.29) is 17.3 Å². The summed E-state index contributed by atoms with van der Waals surface area (Å²) >= 11 is 0. The SMILES string of the molecule is COc1cc(C)c(S(=O)(=O)NCc2nn[nH]n2)cc1OC. The van der Waals surface area contributed by atoms with Gasteiger partial charge in [-0.15, -0.1) is 10.2 Å². The largest absolute Gasteiger partial charge is 0.493 e. The van der Waals surface area contributed by atoms with Gasteiger partial charge in [0.25, 0.3) is 0 Å². The first-order valence-electron chi connectivity index (χ1n) is 5.92. The molecule has 0 bridgehead atoms. The lowest BCUT2D eigenvalue weighted by atomic mass is 10.2. The number of benzene rings is 1. The number of rotatable bonds is 6. The average Bonchev–Trinajstić information content (AvgIpc) is 2.98.